The van der Waals surface area contributed by atoms with Crippen LogP contribution in [-0.4, -0.2) is 37.7 Å². The van der Waals surface area contributed by atoms with Crippen molar-refractivity contribution in [2.45, 2.75) is 12.5 Å². The van der Waals surface area contributed by atoms with E-state index in [1.807, 2.05) is 6.07 Å². The molecule has 1 fully saturated rings. The minimum atomic E-state index is 0.124. The Kier molecular flexibility index (Phi) is 5.05. The van der Waals surface area contributed by atoms with Gasteiger partial charge < -0.3 is 14.9 Å². The molecule has 1 aromatic heterocycles. The standard InChI is InChI=1S/C11H16Br2N2O2/c12-8-6-10(17-11(8)13)9(7-14)15-2-1-4-16-5-3-15/h6,9H,1-5,7,14H2. The van der Waals surface area contributed by atoms with Crippen molar-refractivity contribution in [3.8, 4) is 0 Å². The lowest BCUT2D eigenvalue weighted by atomic mass is 10.2. The molecule has 17 heavy (non-hydrogen) atoms. The van der Waals surface area contributed by atoms with E-state index in [-0.39, 0.29) is 6.04 Å². The highest BCUT2D eigenvalue weighted by atomic mass is 79.9. The maximum absolute atomic E-state index is 5.87. The molecule has 2 heterocycles. The quantitative estimate of drug-likeness (QED) is 0.891. The third-order valence-corrected chi connectivity index (χ3v) is 4.62. The van der Waals surface area contributed by atoms with Crippen molar-refractivity contribution in [2.24, 2.45) is 5.73 Å². The molecule has 1 atom stereocenters. The molecule has 0 bridgehead atoms. The third kappa shape index (κ3) is 3.32. The molecule has 0 spiro atoms. The molecule has 2 rings (SSSR count). The van der Waals surface area contributed by atoms with E-state index < -0.39 is 0 Å². The Balaban J connectivity index is 2.13. The Labute approximate surface area is 118 Å². The van der Waals surface area contributed by atoms with Crippen LogP contribution < -0.4 is 5.73 Å². The van der Waals surface area contributed by atoms with Gasteiger partial charge in [0.2, 0.25) is 0 Å². The van der Waals surface area contributed by atoms with Gasteiger partial charge in [-0.1, -0.05) is 0 Å². The first-order chi connectivity index (χ1) is 8.22. The maximum atomic E-state index is 5.87. The molecule has 6 heteroatoms. The van der Waals surface area contributed by atoms with Crippen LogP contribution in [0.5, 0.6) is 0 Å². The van der Waals surface area contributed by atoms with E-state index in [9.17, 15) is 0 Å². The van der Waals surface area contributed by atoms with E-state index in [1.165, 1.54) is 0 Å². The summed E-state index contributed by atoms with van der Waals surface area (Å²) >= 11 is 6.78. The Morgan fingerprint density at radius 3 is 2.82 bits per heavy atom. The van der Waals surface area contributed by atoms with Crippen LogP contribution >= 0.6 is 31.9 Å². The van der Waals surface area contributed by atoms with Gasteiger partial charge in [0.05, 0.1) is 17.1 Å². The SMILES string of the molecule is NCC(c1cc(Br)c(Br)o1)N1CCCOCC1. The van der Waals surface area contributed by atoms with Gasteiger partial charge in [0.25, 0.3) is 0 Å². The zero-order chi connectivity index (χ0) is 12.3. The minimum Gasteiger partial charge on any atom is -0.451 e. The van der Waals surface area contributed by atoms with Crippen LogP contribution in [0.2, 0.25) is 0 Å². The lowest BCUT2D eigenvalue weighted by molar-refractivity contribution is 0.128. The van der Waals surface area contributed by atoms with Crippen LogP contribution in [0.4, 0.5) is 0 Å². The van der Waals surface area contributed by atoms with Gasteiger partial charge in [-0.25, -0.2) is 0 Å². The van der Waals surface area contributed by atoms with Gasteiger partial charge in [-0.2, -0.15) is 0 Å². The number of nitrogens with two attached hydrogens (primary N) is 1. The average molecular weight is 368 g/mol. The van der Waals surface area contributed by atoms with E-state index in [1.54, 1.807) is 0 Å². The number of ether oxygens (including phenoxy) is 1. The van der Waals surface area contributed by atoms with E-state index in [4.69, 9.17) is 14.9 Å². The fourth-order valence-electron chi connectivity index (χ4n) is 2.05. The van der Waals surface area contributed by atoms with Gasteiger partial charge in [-0.3, -0.25) is 4.90 Å². The summed E-state index contributed by atoms with van der Waals surface area (Å²) in [5.41, 5.74) is 5.87. The summed E-state index contributed by atoms with van der Waals surface area (Å²) in [5, 5.41) is 0. The predicted octanol–water partition coefficient (Wildman–Crippen LogP) is 2.53. The monoisotopic (exact) mass is 366 g/mol. The second-order valence-corrected chi connectivity index (χ2v) is 5.60. The molecule has 0 amide bonds. The lowest BCUT2D eigenvalue weighted by Gasteiger charge is -2.27. The molecular weight excluding hydrogens is 352 g/mol. The molecular formula is C11H16Br2N2O2. The molecule has 0 aliphatic carbocycles. The molecule has 1 aliphatic heterocycles. The van der Waals surface area contributed by atoms with Crippen LogP contribution in [0, 0.1) is 0 Å². The van der Waals surface area contributed by atoms with Crippen LogP contribution in [0.15, 0.2) is 19.6 Å². The summed E-state index contributed by atoms with van der Waals surface area (Å²) in [7, 11) is 0. The average Bonchev–Trinajstić information content (AvgIpc) is 2.56. The highest BCUT2D eigenvalue weighted by Gasteiger charge is 2.24. The van der Waals surface area contributed by atoms with E-state index in [0.29, 0.717) is 6.54 Å². The molecule has 0 saturated carbocycles. The minimum absolute atomic E-state index is 0.124. The summed E-state index contributed by atoms with van der Waals surface area (Å²) in [5.74, 6) is 0.896. The lowest BCUT2D eigenvalue weighted by Crippen LogP contribution is -2.35. The molecule has 4 nitrogen and oxygen atoms in total. The summed E-state index contributed by atoms with van der Waals surface area (Å²) in [6, 6.07) is 2.10. The van der Waals surface area contributed by atoms with Crippen molar-refractivity contribution in [2.75, 3.05) is 32.8 Å². The van der Waals surface area contributed by atoms with Crippen molar-refractivity contribution in [1.29, 1.82) is 0 Å². The van der Waals surface area contributed by atoms with Gasteiger partial charge in [-0.15, -0.1) is 0 Å². The molecule has 1 aromatic rings. The van der Waals surface area contributed by atoms with Crippen LogP contribution in [0.1, 0.15) is 18.2 Å². The fraction of sp³-hybridized carbons (Fsp3) is 0.636. The number of furan rings is 1. The third-order valence-electron chi connectivity index (χ3n) is 2.91. The van der Waals surface area contributed by atoms with Crippen LogP contribution in [0.25, 0.3) is 0 Å². The number of nitrogens with zero attached hydrogens (tertiary/aromatic N) is 1. The van der Waals surface area contributed by atoms with Crippen LogP contribution in [-0.2, 0) is 4.74 Å². The Bertz CT molecular complexity index is 343. The van der Waals surface area contributed by atoms with E-state index >= 15 is 0 Å². The molecule has 1 saturated heterocycles. The molecule has 2 N–H and O–H groups in total. The molecule has 1 unspecified atom stereocenters. The second-order valence-electron chi connectivity index (χ2n) is 4.02. The number of hydrogen-bond donors (Lipinski definition) is 1. The Hall–Kier alpha value is 0.120. The molecule has 96 valence electrons. The van der Waals surface area contributed by atoms with Crippen molar-refractivity contribution in [1.82, 2.24) is 4.90 Å². The van der Waals surface area contributed by atoms with E-state index in [2.05, 4.69) is 36.8 Å². The largest absolute Gasteiger partial charge is 0.451 e. The summed E-state index contributed by atoms with van der Waals surface area (Å²) in [6.45, 7) is 4.04. The predicted molar refractivity (Wildman–Crippen MR) is 72.9 cm³/mol. The van der Waals surface area contributed by atoms with Gasteiger partial charge in [0, 0.05) is 26.2 Å². The zero-order valence-corrected chi connectivity index (χ0v) is 12.7. The number of halogens is 2. The van der Waals surface area contributed by atoms with Crippen LogP contribution in [0.3, 0.4) is 0 Å². The van der Waals surface area contributed by atoms with Crippen molar-refractivity contribution >= 4 is 31.9 Å². The highest BCUT2D eigenvalue weighted by Crippen LogP contribution is 2.32. The molecule has 1 aliphatic rings. The first kappa shape index (κ1) is 13.5. The number of hydrogen-bond acceptors (Lipinski definition) is 4. The number of rotatable bonds is 3. The van der Waals surface area contributed by atoms with Crippen molar-refractivity contribution < 1.29 is 9.15 Å². The summed E-state index contributed by atoms with van der Waals surface area (Å²) in [4.78, 5) is 2.32. The van der Waals surface area contributed by atoms with Gasteiger partial charge in [-0.05, 0) is 44.3 Å². The van der Waals surface area contributed by atoms with Crippen molar-refractivity contribution in [3.63, 3.8) is 0 Å². The second kappa shape index (κ2) is 6.33. The zero-order valence-electron chi connectivity index (χ0n) is 9.49. The Morgan fingerprint density at radius 2 is 2.18 bits per heavy atom. The topological polar surface area (TPSA) is 51.6 Å². The fourth-order valence-corrected chi connectivity index (χ4v) is 2.66. The highest BCUT2D eigenvalue weighted by molar-refractivity contribution is 9.13. The van der Waals surface area contributed by atoms with Gasteiger partial charge in [0.1, 0.15) is 5.76 Å². The van der Waals surface area contributed by atoms with Crippen molar-refractivity contribution in [3.05, 3.63) is 21.0 Å². The van der Waals surface area contributed by atoms with Gasteiger partial charge >= 0.3 is 0 Å². The first-order valence-electron chi connectivity index (χ1n) is 5.69. The smallest absolute Gasteiger partial charge is 0.183 e. The first-order valence-corrected chi connectivity index (χ1v) is 7.27. The summed E-state index contributed by atoms with van der Waals surface area (Å²) in [6.07, 6.45) is 1.04. The van der Waals surface area contributed by atoms with E-state index in [0.717, 1.165) is 47.6 Å². The Morgan fingerprint density at radius 1 is 1.35 bits per heavy atom. The molecule has 0 aromatic carbocycles. The van der Waals surface area contributed by atoms with Gasteiger partial charge in [0.15, 0.2) is 4.67 Å². The summed E-state index contributed by atoms with van der Waals surface area (Å²) < 4.78 is 12.8. The normalized spacial score (nSPS) is 20.2. The molecule has 0 radical (unpaired) electrons. The maximum Gasteiger partial charge on any atom is 0.183 e.